The summed E-state index contributed by atoms with van der Waals surface area (Å²) < 4.78 is 0. The average Bonchev–Trinajstić information content (AvgIpc) is 1.61. The maximum Gasteiger partial charge on any atom is 0.328 e. The van der Waals surface area contributed by atoms with Crippen molar-refractivity contribution in [2.45, 2.75) is 0 Å². The normalized spacial score (nSPS) is 7.60. The molecule has 0 aliphatic heterocycles. The summed E-state index contributed by atoms with van der Waals surface area (Å²) in [6.45, 7) is 0. The van der Waals surface area contributed by atoms with Crippen molar-refractivity contribution in [3.8, 4) is 0 Å². The highest BCUT2D eigenvalue weighted by Crippen LogP contribution is 1.68. The van der Waals surface area contributed by atoms with Crippen molar-refractivity contribution in [3.05, 3.63) is 12.2 Å². The van der Waals surface area contributed by atoms with E-state index in [1.54, 1.807) is 0 Å². The molecule has 0 saturated carbocycles. The topological polar surface area (TPSA) is 150 Å². The Bertz CT molecular complexity index is 127. The molecule has 0 aromatic heterocycles. The van der Waals surface area contributed by atoms with Crippen molar-refractivity contribution < 1.29 is 14.7 Å². The van der Waals surface area contributed by atoms with Crippen molar-refractivity contribution in [3.63, 3.8) is 0 Å². The first-order chi connectivity index (χ1) is 3.63. The van der Waals surface area contributed by atoms with Gasteiger partial charge < -0.3 is 23.1 Å². The summed E-state index contributed by atoms with van der Waals surface area (Å²) in [5.41, 5.74) is 4.55. The van der Waals surface area contributed by atoms with Crippen LogP contribution in [0.5, 0.6) is 0 Å². The van der Waals surface area contributed by atoms with E-state index in [1.165, 1.54) is 0 Å². The van der Waals surface area contributed by atoms with E-state index in [4.69, 9.17) is 5.11 Å². The quantitative estimate of drug-likeness (QED) is 0.388. The lowest BCUT2D eigenvalue weighted by molar-refractivity contribution is -0.131. The summed E-state index contributed by atoms with van der Waals surface area (Å²) in [6.07, 6.45) is 1.46. The van der Waals surface area contributed by atoms with Crippen LogP contribution in [-0.2, 0) is 9.59 Å². The molecule has 0 bridgehead atoms. The first-order valence-corrected chi connectivity index (χ1v) is 1.83. The minimum atomic E-state index is -1.18. The second-order valence-corrected chi connectivity index (χ2v) is 1.07. The van der Waals surface area contributed by atoms with Crippen LogP contribution in [0.15, 0.2) is 12.2 Å². The summed E-state index contributed by atoms with van der Waals surface area (Å²) in [5.74, 6) is -1.93. The van der Waals surface area contributed by atoms with Gasteiger partial charge >= 0.3 is 5.97 Å². The molecule has 0 aromatic carbocycles. The minimum Gasteiger partial charge on any atom is -0.478 e. The second-order valence-electron chi connectivity index (χ2n) is 1.07. The zero-order valence-corrected chi connectivity index (χ0v) is 5.41. The van der Waals surface area contributed by atoms with Gasteiger partial charge in [-0.1, -0.05) is 0 Å². The number of hydrogen-bond donors (Lipinski definition) is 4. The molecule has 0 fully saturated rings. The van der Waals surface area contributed by atoms with Gasteiger partial charge in [-0.25, -0.2) is 4.79 Å². The summed E-state index contributed by atoms with van der Waals surface area (Å²) in [6, 6.07) is 0. The van der Waals surface area contributed by atoms with Gasteiger partial charge in [0, 0.05) is 12.2 Å². The minimum absolute atomic E-state index is 0. The Morgan fingerprint density at radius 3 is 1.70 bits per heavy atom. The highest BCUT2D eigenvalue weighted by atomic mass is 16.4. The van der Waals surface area contributed by atoms with Crippen LogP contribution in [0.25, 0.3) is 0 Å². The van der Waals surface area contributed by atoms with Crippen molar-refractivity contribution in [1.29, 1.82) is 0 Å². The van der Waals surface area contributed by atoms with Gasteiger partial charge in [0.05, 0.1) is 0 Å². The van der Waals surface area contributed by atoms with Crippen molar-refractivity contribution >= 4 is 11.9 Å². The first kappa shape index (κ1) is 15.8. The van der Waals surface area contributed by atoms with Gasteiger partial charge in [-0.3, -0.25) is 4.79 Å². The Hall–Kier alpha value is -1.40. The zero-order valence-electron chi connectivity index (χ0n) is 5.41. The van der Waals surface area contributed by atoms with Gasteiger partial charge in [0.15, 0.2) is 0 Å². The highest BCUT2D eigenvalue weighted by Gasteiger charge is 1.86. The van der Waals surface area contributed by atoms with E-state index in [9.17, 15) is 9.59 Å². The van der Waals surface area contributed by atoms with E-state index < -0.39 is 11.9 Å². The standard InChI is InChI=1S/C4H5NO3.2H3N/c5-3(6)1-2-4(7)8;;/h1-2H,(H2,5,6)(H,7,8);2*1H3/b2-1-;;. The summed E-state index contributed by atoms with van der Waals surface area (Å²) in [4.78, 5) is 19.4. The molecule has 6 nitrogen and oxygen atoms in total. The number of hydrogen-bond acceptors (Lipinski definition) is 4. The van der Waals surface area contributed by atoms with E-state index in [0.29, 0.717) is 6.08 Å². The van der Waals surface area contributed by atoms with Crippen LogP contribution in [0.2, 0.25) is 0 Å². The number of carboxylic acid groups (broad SMARTS) is 1. The van der Waals surface area contributed by atoms with Gasteiger partial charge in [-0.2, -0.15) is 0 Å². The molecule has 0 aromatic rings. The number of primary amides is 1. The van der Waals surface area contributed by atoms with Gasteiger partial charge in [0.1, 0.15) is 0 Å². The monoisotopic (exact) mass is 149 g/mol. The molecule has 0 radical (unpaired) electrons. The highest BCUT2D eigenvalue weighted by molar-refractivity contribution is 5.92. The maximum absolute atomic E-state index is 9.78. The van der Waals surface area contributed by atoms with Crippen LogP contribution in [-0.4, -0.2) is 17.0 Å². The third-order valence-electron chi connectivity index (χ3n) is 0.390. The Morgan fingerprint density at radius 2 is 1.60 bits per heavy atom. The van der Waals surface area contributed by atoms with E-state index in [-0.39, 0.29) is 12.3 Å². The molecule has 60 valence electrons. The van der Waals surface area contributed by atoms with Gasteiger partial charge in [0.25, 0.3) is 0 Å². The molecule has 0 spiro atoms. The first-order valence-electron chi connectivity index (χ1n) is 1.83. The smallest absolute Gasteiger partial charge is 0.328 e. The van der Waals surface area contributed by atoms with Crippen molar-refractivity contribution in [2.24, 2.45) is 5.73 Å². The zero-order chi connectivity index (χ0) is 6.57. The summed E-state index contributed by atoms with van der Waals surface area (Å²) >= 11 is 0. The Morgan fingerprint density at radius 1 is 1.20 bits per heavy atom. The molecule has 1 amide bonds. The SMILES string of the molecule is N.N.NC(=O)/C=C\C(=O)O. The molecule has 6 heteroatoms. The number of carbonyl (C=O) groups excluding carboxylic acids is 1. The largest absolute Gasteiger partial charge is 0.478 e. The number of rotatable bonds is 2. The summed E-state index contributed by atoms with van der Waals surface area (Å²) in [7, 11) is 0. The number of carboxylic acids is 1. The van der Waals surface area contributed by atoms with Crippen LogP contribution < -0.4 is 18.0 Å². The van der Waals surface area contributed by atoms with E-state index in [1.807, 2.05) is 0 Å². The van der Waals surface area contributed by atoms with E-state index in [0.717, 1.165) is 6.08 Å². The van der Waals surface area contributed by atoms with Crippen molar-refractivity contribution in [2.75, 3.05) is 0 Å². The van der Waals surface area contributed by atoms with Crippen LogP contribution in [0.4, 0.5) is 0 Å². The van der Waals surface area contributed by atoms with Crippen LogP contribution >= 0.6 is 0 Å². The molecule has 9 N–H and O–H groups in total. The third kappa shape index (κ3) is 16.0. The van der Waals surface area contributed by atoms with E-state index >= 15 is 0 Å². The molecular weight excluding hydrogens is 138 g/mol. The number of carbonyl (C=O) groups is 2. The lowest BCUT2D eigenvalue weighted by atomic mass is 10.5. The molecule has 0 saturated heterocycles. The molecule has 0 aliphatic carbocycles. The number of amides is 1. The second kappa shape index (κ2) is 7.60. The lowest BCUT2D eigenvalue weighted by Gasteiger charge is -1.75. The predicted octanol–water partition coefficient (Wildman–Crippen LogP) is -0.564. The maximum atomic E-state index is 9.78. The fourth-order valence-corrected chi connectivity index (χ4v) is 0.153. The predicted molar refractivity (Wildman–Crippen MR) is 36.0 cm³/mol. The Labute approximate surface area is 57.9 Å². The summed E-state index contributed by atoms with van der Waals surface area (Å²) in [5, 5.41) is 7.87. The Balaban J connectivity index is -0.000000245. The number of nitrogens with two attached hydrogens (primary N) is 1. The van der Waals surface area contributed by atoms with Crippen LogP contribution in [0.1, 0.15) is 0 Å². The lowest BCUT2D eigenvalue weighted by Crippen LogP contribution is -2.06. The molecule has 0 unspecified atom stereocenters. The van der Waals surface area contributed by atoms with Crippen LogP contribution in [0.3, 0.4) is 0 Å². The Kier molecular flexibility index (Phi) is 12.0. The fraction of sp³-hybridized carbons (Fsp3) is 0. The van der Waals surface area contributed by atoms with Gasteiger partial charge in [0.2, 0.25) is 5.91 Å². The van der Waals surface area contributed by atoms with Gasteiger partial charge in [-0.05, 0) is 0 Å². The van der Waals surface area contributed by atoms with Crippen molar-refractivity contribution in [1.82, 2.24) is 12.3 Å². The van der Waals surface area contributed by atoms with Crippen LogP contribution in [0, 0.1) is 0 Å². The number of aliphatic carboxylic acids is 1. The average molecular weight is 149 g/mol. The molecule has 0 rings (SSSR count). The fourth-order valence-electron chi connectivity index (χ4n) is 0.153. The molecule has 0 aliphatic rings. The van der Waals surface area contributed by atoms with Gasteiger partial charge in [-0.15, -0.1) is 0 Å². The molecule has 0 heterocycles. The third-order valence-corrected chi connectivity index (χ3v) is 0.390. The van der Waals surface area contributed by atoms with E-state index in [2.05, 4.69) is 5.73 Å². The molecule has 0 atom stereocenters. The molecule has 10 heavy (non-hydrogen) atoms. The molecular formula is C4H11N3O3.